The first-order chi connectivity index (χ1) is 11.4. The van der Waals surface area contributed by atoms with Gasteiger partial charge in [-0.25, -0.2) is 4.98 Å². The van der Waals surface area contributed by atoms with Gasteiger partial charge in [-0.3, -0.25) is 14.4 Å². The molecule has 1 aliphatic carbocycles. The maximum Gasteiger partial charge on any atom is 0.313 e. The summed E-state index contributed by atoms with van der Waals surface area (Å²) in [6.45, 7) is 1.78. The average molecular weight is 337 g/mol. The summed E-state index contributed by atoms with van der Waals surface area (Å²) in [5.74, 6) is 0.371. The summed E-state index contributed by atoms with van der Waals surface area (Å²) in [4.78, 5) is 39.0. The van der Waals surface area contributed by atoms with Crippen LogP contribution >= 0.6 is 0 Å². The van der Waals surface area contributed by atoms with E-state index in [4.69, 9.17) is 4.42 Å². The van der Waals surface area contributed by atoms with E-state index in [0.717, 1.165) is 12.8 Å². The number of aryl methyl sites for hydroxylation is 1. The van der Waals surface area contributed by atoms with Gasteiger partial charge in [-0.05, 0) is 32.6 Å². The van der Waals surface area contributed by atoms with Gasteiger partial charge in [0.05, 0.1) is 26.3 Å². The first-order valence-electron chi connectivity index (χ1n) is 8.07. The van der Waals surface area contributed by atoms with Crippen molar-refractivity contribution in [3.63, 3.8) is 0 Å². The Morgan fingerprint density at radius 1 is 1.08 bits per heavy atom. The molecule has 0 radical (unpaired) electrons. The summed E-state index contributed by atoms with van der Waals surface area (Å²) in [6, 6.07) is 0. The average Bonchev–Trinajstić information content (AvgIpc) is 2.95. The molecule has 1 aliphatic rings. The standard InChI is InChI=1S/C17H23NO6/c1-10-13(8-15(20)22-2)18-17(24-10)12-6-4-11(5-7-12)14(19)9-16(21)23-3/h11-12H,4-9H2,1-3H3. The highest BCUT2D eigenvalue weighted by Gasteiger charge is 2.31. The van der Waals surface area contributed by atoms with Crippen molar-refractivity contribution in [3.8, 4) is 0 Å². The molecule has 0 N–H and O–H groups in total. The minimum absolute atomic E-state index is 0.0599. The number of nitrogens with zero attached hydrogens (tertiary/aromatic N) is 1. The van der Waals surface area contributed by atoms with Crippen LogP contribution in [0, 0.1) is 12.8 Å². The van der Waals surface area contributed by atoms with Gasteiger partial charge in [0.15, 0.2) is 5.89 Å². The van der Waals surface area contributed by atoms with Gasteiger partial charge >= 0.3 is 11.9 Å². The molecule has 132 valence electrons. The SMILES string of the molecule is COC(=O)CC(=O)C1CCC(c2nc(CC(=O)OC)c(C)o2)CC1. The molecule has 1 saturated carbocycles. The van der Waals surface area contributed by atoms with Crippen LogP contribution in [0.5, 0.6) is 0 Å². The number of Topliss-reactive ketones (excluding diaryl/α,β-unsaturated/α-hetero) is 1. The summed E-state index contributed by atoms with van der Waals surface area (Å²) < 4.78 is 14.9. The van der Waals surface area contributed by atoms with Gasteiger partial charge < -0.3 is 13.9 Å². The third kappa shape index (κ3) is 4.43. The van der Waals surface area contributed by atoms with Crippen LogP contribution in [0.2, 0.25) is 0 Å². The molecule has 0 saturated heterocycles. The van der Waals surface area contributed by atoms with E-state index in [1.807, 2.05) is 0 Å². The summed E-state index contributed by atoms with van der Waals surface area (Å²) in [6.07, 6.45) is 2.89. The van der Waals surface area contributed by atoms with Crippen molar-refractivity contribution in [1.29, 1.82) is 0 Å². The number of aromatic nitrogens is 1. The number of hydrogen-bond acceptors (Lipinski definition) is 7. The van der Waals surface area contributed by atoms with E-state index in [1.54, 1.807) is 6.92 Å². The molecular formula is C17H23NO6. The molecular weight excluding hydrogens is 314 g/mol. The van der Waals surface area contributed by atoms with Gasteiger partial charge in [0, 0.05) is 11.8 Å². The predicted octanol–water partition coefficient (Wildman–Crippen LogP) is 2.10. The lowest BCUT2D eigenvalue weighted by atomic mass is 9.79. The van der Waals surface area contributed by atoms with Crippen molar-refractivity contribution in [2.45, 2.75) is 51.4 Å². The fourth-order valence-corrected chi connectivity index (χ4v) is 3.02. The lowest BCUT2D eigenvalue weighted by molar-refractivity contribution is -0.144. The smallest absolute Gasteiger partial charge is 0.313 e. The topological polar surface area (TPSA) is 95.7 Å². The molecule has 0 aliphatic heterocycles. The van der Waals surface area contributed by atoms with Crippen molar-refractivity contribution in [2.24, 2.45) is 5.92 Å². The lowest BCUT2D eigenvalue weighted by Gasteiger charge is -2.25. The third-order valence-corrected chi connectivity index (χ3v) is 4.53. The molecule has 0 amide bonds. The molecule has 0 spiro atoms. The van der Waals surface area contributed by atoms with Crippen LogP contribution in [0.3, 0.4) is 0 Å². The van der Waals surface area contributed by atoms with Crippen LogP contribution in [0.25, 0.3) is 0 Å². The van der Waals surface area contributed by atoms with Crippen LogP contribution < -0.4 is 0 Å². The van der Waals surface area contributed by atoms with Crippen LogP contribution in [-0.4, -0.2) is 36.9 Å². The second kappa shape index (κ2) is 8.08. The number of rotatable bonds is 6. The number of oxazole rings is 1. The van der Waals surface area contributed by atoms with Gasteiger partial charge in [-0.2, -0.15) is 0 Å². The number of hydrogen-bond donors (Lipinski definition) is 0. The van der Waals surface area contributed by atoms with E-state index in [1.165, 1.54) is 14.2 Å². The van der Waals surface area contributed by atoms with Crippen molar-refractivity contribution >= 4 is 17.7 Å². The molecule has 7 nitrogen and oxygen atoms in total. The lowest BCUT2D eigenvalue weighted by Crippen LogP contribution is -2.23. The van der Waals surface area contributed by atoms with E-state index in [9.17, 15) is 14.4 Å². The van der Waals surface area contributed by atoms with E-state index in [0.29, 0.717) is 30.2 Å². The number of ether oxygens (including phenoxy) is 2. The Morgan fingerprint density at radius 3 is 2.29 bits per heavy atom. The Labute approximate surface area is 140 Å². The molecule has 0 aromatic carbocycles. The zero-order valence-electron chi connectivity index (χ0n) is 14.3. The summed E-state index contributed by atoms with van der Waals surface area (Å²) in [7, 11) is 2.62. The molecule has 7 heteroatoms. The Balaban J connectivity index is 1.92. The molecule has 0 bridgehead atoms. The summed E-state index contributed by atoms with van der Waals surface area (Å²) in [5.41, 5.74) is 0.598. The van der Waals surface area contributed by atoms with Gasteiger partial charge in [0.2, 0.25) is 0 Å². The van der Waals surface area contributed by atoms with Crippen LogP contribution in [0.15, 0.2) is 4.42 Å². The maximum absolute atomic E-state index is 12.0. The highest BCUT2D eigenvalue weighted by atomic mass is 16.5. The maximum atomic E-state index is 12.0. The highest BCUT2D eigenvalue weighted by molar-refractivity contribution is 5.96. The third-order valence-electron chi connectivity index (χ3n) is 4.53. The first kappa shape index (κ1) is 18.2. The fraction of sp³-hybridized carbons (Fsp3) is 0.647. The summed E-state index contributed by atoms with van der Waals surface area (Å²) in [5, 5.41) is 0. The zero-order valence-corrected chi connectivity index (χ0v) is 14.3. The number of ketones is 1. The Kier molecular flexibility index (Phi) is 6.11. The molecule has 0 atom stereocenters. The van der Waals surface area contributed by atoms with Crippen LogP contribution in [0.4, 0.5) is 0 Å². The van der Waals surface area contributed by atoms with Gasteiger partial charge in [0.25, 0.3) is 0 Å². The molecule has 1 aromatic rings. The largest absolute Gasteiger partial charge is 0.469 e. The van der Waals surface area contributed by atoms with Gasteiger partial charge in [-0.15, -0.1) is 0 Å². The number of methoxy groups -OCH3 is 2. The monoisotopic (exact) mass is 337 g/mol. The predicted molar refractivity (Wildman–Crippen MR) is 83.3 cm³/mol. The molecule has 2 rings (SSSR count). The normalized spacial score (nSPS) is 20.5. The number of esters is 2. The second-order valence-corrected chi connectivity index (χ2v) is 6.08. The minimum atomic E-state index is -0.488. The Bertz CT molecular complexity index is 613. The molecule has 0 unspecified atom stereocenters. The highest BCUT2D eigenvalue weighted by Crippen LogP contribution is 2.36. The fourth-order valence-electron chi connectivity index (χ4n) is 3.02. The number of carbonyl (C=O) groups excluding carboxylic acids is 3. The van der Waals surface area contributed by atoms with Crippen molar-refractivity contribution in [2.75, 3.05) is 14.2 Å². The van der Waals surface area contributed by atoms with Gasteiger partial charge in [0.1, 0.15) is 18.0 Å². The Hall–Kier alpha value is -2.18. The van der Waals surface area contributed by atoms with E-state index < -0.39 is 5.97 Å². The summed E-state index contributed by atoms with van der Waals surface area (Å²) >= 11 is 0. The van der Waals surface area contributed by atoms with E-state index >= 15 is 0 Å². The van der Waals surface area contributed by atoms with Crippen LogP contribution in [-0.2, 0) is 30.3 Å². The first-order valence-corrected chi connectivity index (χ1v) is 8.07. The Morgan fingerprint density at radius 2 is 1.71 bits per heavy atom. The zero-order chi connectivity index (χ0) is 17.7. The van der Waals surface area contributed by atoms with E-state index in [-0.39, 0.29) is 36.4 Å². The van der Waals surface area contributed by atoms with Crippen molar-refractivity contribution in [1.82, 2.24) is 4.98 Å². The molecule has 1 fully saturated rings. The van der Waals surface area contributed by atoms with Crippen molar-refractivity contribution in [3.05, 3.63) is 17.3 Å². The minimum Gasteiger partial charge on any atom is -0.469 e. The molecule has 24 heavy (non-hydrogen) atoms. The van der Waals surface area contributed by atoms with Crippen molar-refractivity contribution < 1.29 is 28.3 Å². The van der Waals surface area contributed by atoms with Gasteiger partial charge in [-0.1, -0.05) is 0 Å². The quantitative estimate of drug-likeness (QED) is 0.579. The number of carbonyl (C=O) groups is 3. The molecule has 1 aromatic heterocycles. The second-order valence-electron chi connectivity index (χ2n) is 6.08. The van der Waals surface area contributed by atoms with Crippen LogP contribution in [0.1, 0.15) is 55.4 Å². The van der Waals surface area contributed by atoms with E-state index in [2.05, 4.69) is 14.5 Å². The molecule has 1 heterocycles.